The molecule has 0 saturated carbocycles. The van der Waals surface area contributed by atoms with E-state index in [2.05, 4.69) is 5.32 Å². The van der Waals surface area contributed by atoms with Crippen LogP contribution in [-0.4, -0.2) is 19.6 Å². The first kappa shape index (κ1) is 17.6. The highest BCUT2D eigenvalue weighted by molar-refractivity contribution is 5.91. The molecule has 0 radical (unpaired) electrons. The van der Waals surface area contributed by atoms with E-state index in [4.69, 9.17) is 9.47 Å². The molecule has 0 atom stereocenters. The van der Waals surface area contributed by atoms with Crippen LogP contribution in [-0.2, 0) is 11.3 Å². The number of hydrogen-bond acceptors (Lipinski definition) is 3. The van der Waals surface area contributed by atoms with Gasteiger partial charge in [-0.05, 0) is 43.2 Å². The minimum absolute atomic E-state index is 0.135. The van der Waals surface area contributed by atoms with E-state index in [9.17, 15) is 4.79 Å². The van der Waals surface area contributed by atoms with Crippen molar-refractivity contribution in [2.24, 2.45) is 0 Å². The second-order valence-corrected chi connectivity index (χ2v) is 5.38. The summed E-state index contributed by atoms with van der Waals surface area (Å²) in [6.45, 7) is 5.02. The number of benzene rings is 2. The first-order valence-corrected chi connectivity index (χ1v) is 7.94. The summed E-state index contributed by atoms with van der Waals surface area (Å²) in [5.74, 6) is 1.21. The van der Waals surface area contributed by atoms with Crippen LogP contribution in [0.15, 0.2) is 48.5 Å². The summed E-state index contributed by atoms with van der Waals surface area (Å²) in [6.07, 6.45) is 3.28. The maximum absolute atomic E-state index is 11.9. The number of carbonyl (C=O) groups excluding carboxylic acids is 1. The number of methoxy groups -OCH3 is 1. The van der Waals surface area contributed by atoms with Crippen molar-refractivity contribution in [2.45, 2.75) is 20.4 Å². The Morgan fingerprint density at radius 3 is 2.54 bits per heavy atom. The number of nitrogens with one attached hydrogen (secondary N) is 1. The van der Waals surface area contributed by atoms with Crippen LogP contribution in [0.4, 0.5) is 0 Å². The van der Waals surface area contributed by atoms with Crippen molar-refractivity contribution in [1.82, 2.24) is 5.32 Å². The zero-order valence-electron chi connectivity index (χ0n) is 14.3. The molecule has 0 bridgehead atoms. The van der Waals surface area contributed by atoms with Gasteiger partial charge in [-0.3, -0.25) is 4.79 Å². The van der Waals surface area contributed by atoms with Crippen molar-refractivity contribution in [3.63, 3.8) is 0 Å². The van der Waals surface area contributed by atoms with E-state index in [1.54, 1.807) is 13.2 Å². The van der Waals surface area contributed by atoms with Gasteiger partial charge < -0.3 is 14.8 Å². The van der Waals surface area contributed by atoms with Crippen LogP contribution in [0.25, 0.3) is 6.08 Å². The minimum Gasteiger partial charge on any atom is -0.493 e. The van der Waals surface area contributed by atoms with Crippen LogP contribution in [0.3, 0.4) is 0 Å². The van der Waals surface area contributed by atoms with E-state index in [0.717, 1.165) is 11.1 Å². The van der Waals surface area contributed by atoms with Gasteiger partial charge in [-0.25, -0.2) is 0 Å². The number of amides is 1. The van der Waals surface area contributed by atoms with E-state index in [1.807, 2.05) is 56.3 Å². The lowest BCUT2D eigenvalue weighted by Crippen LogP contribution is -2.20. The number of ether oxygens (including phenoxy) is 2. The third-order valence-corrected chi connectivity index (χ3v) is 3.50. The Labute approximate surface area is 143 Å². The summed E-state index contributed by atoms with van der Waals surface area (Å²) >= 11 is 0. The van der Waals surface area contributed by atoms with Gasteiger partial charge in [-0.15, -0.1) is 0 Å². The molecule has 2 aromatic carbocycles. The number of rotatable bonds is 7. The zero-order valence-corrected chi connectivity index (χ0v) is 14.3. The van der Waals surface area contributed by atoms with Crippen LogP contribution in [0, 0.1) is 6.92 Å². The summed E-state index contributed by atoms with van der Waals surface area (Å²) < 4.78 is 10.8. The first-order chi connectivity index (χ1) is 11.6. The number of carbonyl (C=O) groups is 1. The second-order valence-electron chi connectivity index (χ2n) is 5.38. The van der Waals surface area contributed by atoms with Gasteiger partial charge in [0.2, 0.25) is 5.91 Å². The van der Waals surface area contributed by atoms with Crippen LogP contribution in [0.2, 0.25) is 0 Å². The van der Waals surface area contributed by atoms with Crippen molar-refractivity contribution in [3.05, 3.63) is 65.2 Å². The molecule has 2 aromatic rings. The van der Waals surface area contributed by atoms with Crippen molar-refractivity contribution in [3.8, 4) is 11.5 Å². The molecular weight excluding hydrogens is 302 g/mol. The molecule has 0 spiro atoms. The fourth-order valence-electron chi connectivity index (χ4n) is 2.19. The average Bonchev–Trinajstić information content (AvgIpc) is 2.60. The normalized spacial score (nSPS) is 10.6. The third kappa shape index (κ3) is 5.16. The van der Waals surface area contributed by atoms with Gasteiger partial charge in [0, 0.05) is 12.6 Å². The van der Waals surface area contributed by atoms with E-state index in [0.29, 0.717) is 24.7 Å². The summed E-state index contributed by atoms with van der Waals surface area (Å²) in [7, 11) is 1.60. The summed E-state index contributed by atoms with van der Waals surface area (Å²) in [6, 6.07) is 13.6. The molecule has 126 valence electrons. The van der Waals surface area contributed by atoms with Crippen LogP contribution < -0.4 is 14.8 Å². The van der Waals surface area contributed by atoms with Gasteiger partial charge in [0.25, 0.3) is 0 Å². The standard InChI is InChI=1S/C20H23NO3/c1-4-24-19-13-16(9-11-18(19)23-3)10-12-20(22)21-14-17-7-5-15(2)6-8-17/h5-13H,4,14H2,1-3H3,(H,21,22)/b12-10+. The molecule has 4 heteroatoms. The summed E-state index contributed by atoms with van der Waals surface area (Å²) in [5.41, 5.74) is 3.16. The summed E-state index contributed by atoms with van der Waals surface area (Å²) in [4.78, 5) is 11.9. The minimum atomic E-state index is -0.135. The molecule has 0 saturated heterocycles. The highest BCUT2D eigenvalue weighted by Gasteiger charge is 2.04. The molecule has 1 amide bonds. The highest BCUT2D eigenvalue weighted by Crippen LogP contribution is 2.28. The molecule has 2 rings (SSSR count). The fraction of sp³-hybridized carbons (Fsp3) is 0.250. The van der Waals surface area contributed by atoms with Gasteiger partial charge in [0.1, 0.15) is 0 Å². The van der Waals surface area contributed by atoms with Crippen molar-refractivity contribution >= 4 is 12.0 Å². The fourth-order valence-corrected chi connectivity index (χ4v) is 2.19. The summed E-state index contributed by atoms with van der Waals surface area (Å²) in [5, 5.41) is 2.87. The van der Waals surface area contributed by atoms with Crippen LogP contribution in [0.1, 0.15) is 23.6 Å². The lowest BCUT2D eigenvalue weighted by Gasteiger charge is -2.09. The quantitative estimate of drug-likeness (QED) is 0.789. The molecule has 0 aliphatic heterocycles. The number of hydrogen-bond donors (Lipinski definition) is 1. The van der Waals surface area contributed by atoms with Gasteiger partial charge in [-0.2, -0.15) is 0 Å². The Morgan fingerprint density at radius 1 is 1.12 bits per heavy atom. The monoisotopic (exact) mass is 325 g/mol. The van der Waals surface area contributed by atoms with E-state index in [1.165, 1.54) is 11.6 Å². The Hall–Kier alpha value is -2.75. The van der Waals surface area contributed by atoms with Crippen molar-refractivity contribution in [1.29, 1.82) is 0 Å². The van der Waals surface area contributed by atoms with Gasteiger partial charge in [0.15, 0.2) is 11.5 Å². The molecule has 0 aliphatic rings. The molecule has 0 unspecified atom stereocenters. The van der Waals surface area contributed by atoms with Crippen LogP contribution in [0.5, 0.6) is 11.5 Å². The maximum atomic E-state index is 11.9. The molecule has 1 N–H and O–H groups in total. The Kier molecular flexibility index (Phi) is 6.43. The topological polar surface area (TPSA) is 47.6 Å². The molecule has 24 heavy (non-hydrogen) atoms. The smallest absolute Gasteiger partial charge is 0.244 e. The molecule has 0 fully saturated rings. The molecule has 0 aliphatic carbocycles. The van der Waals surface area contributed by atoms with Gasteiger partial charge in [0.05, 0.1) is 13.7 Å². The van der Waals surface area contributed by atoms with E-state index >= 15 is 0 Å². The molecule has 0 heterocycles. The second kappa shape index (κ2) is 8.77. The predicted molar refractivity (Wildman–Crippen MR) is 96.2 cm³/mol. The maximum Gasteiger partial charge on any atom is 0.244 e. The largest absolute Gasteiger partial charge is 0.493 e. The van der Waals surface area contributed by atoms with Gasteiger partial charge in [-0.1, -0.05) is 35.9 Å². The first-order valence-electron chi connectivity index (χ1n) is 7.94. The molecule has 0 aromatic heterocycles. The lowest BCUT2D eigenvalue weighted by atomic mass is 10.1. The third-order valence-electron chi connectivity index (χ3n) is 3.50. The Bertz CT molecular complexity index is 705. The average molecular weight is 325 g/mol. The molecule has 4 nitrogen and oxygen atoms in total. The van der Waals surface area contributed by atoms with E-state index < -0.39 is 0 Å². The molecular formula is C20H23NO3. The Morgan fingerprint density at radius 2 is 1.88 bits per heavy atom. The van der Waals surface area contributed by atoms with Gasteiger partial charge >= 0.3 is 0 Å². The number of aryl methyl sites for hydroxylation is 1. The predicted octanol–water partition coefficient (Wildman–Crippen LogP) is 3.73. The van der Waals surface area contributed by atoms with Crippen LogP contribution >= 0.6 is 0 Å². The zero-order chi connectivity index (χ0) is 17.4. The SMILES string of the molecule is CCOc1cc(/C=C/C(=O)NCc2ccc(C)cc2)ccc1OC. The van der Waals surface area contributed by atoms with E-state index in [-0.39, 0.29) is 5.91 Å². The highest BCUT2D eigenvalue weighted by atomic mass is 16.5. The van der Waals surface area contributed by atoms with Crippen molar-refractivity contribution < 1.29 is 14.3 Å². The van der Waals surface area contributed by atoms with Crippen molar-refractivity contribution in [2.75, 3.05) is 13.7 Å². The Balaban J connectivity index is 1.95. The lowest BCUT2D eigenvalue weighted by molar-refractivity contribution is -0.116.